The quantitative estimate of drug-likeness (QED) is 0.474. The predicted molar refractivity (Wildman–Crippen MR) is 112 cm³/mol. The van der Waals surface area contributed by atoms with Crippen LogP contribution in [0.4, 0.5) is 8.78 Å². The lowest BCUT2D eigenvalue weighted by molar-refractivity contribution is 0.00755. The van der Waals surface area contributed by atoms with Gasteiger partial charge >= 0.3 is 5.92 Å². The van der Waals surface area contributed by atoms with E-state index in [9.17, 15) is 8.78 Å². The highest BCUT2D eigenvalue weighted by atomic mass is 19.3. The standard InChI is InChI=1S/C22H23F2N7/c1-14(2)12-19-25-21(22(3,23)24)28-31(19)13-15-8-10-16(11-9-15)17-6-4-5-7-18(17)20-26-29-30-27-20/h4-11,14H,12-13H2,1-3H3,(H,26,27,29,30). The van der Waals surface area contributed by atoms with Crippen LogP contribution in [-0.2, 0) is 18.9 Å². The molecule has 9 heteroatoms. The van der Waals surface area contributed by atoms with Gasteiger partial charge in [0.1, 0.15) is 5.82 Å². The second kappa shape index (κ2) is 8.33. The predicted octanol–water partition coefficient (Wildman–Crippen LogP) is 4.48. The molecule has 0 unspecified atom stereocenters. The smallest absolute Gasteiger partial charge is 0.245 e. The number of aromatic amines is 1. The van der Waals surface area contributed by atoms with E-state index in [-0.39, 0.29) is 5.92 Å². The van der Waals surface area contributed by atoms with Crippen molar-refractivity contribution in [2.24, 2.45) is 5.92 Å². The molecule has 4 rings (SSSR count). The maximum atomic E-state index is 13.8. The molecule has 31 heavy (non-hydrogen) atoms. The Kier molecular flexibility index (Phi) is 5.58. The third kappa shape index (κ3) is 4.65. The van der Waals surface area contributed by atoms with Crippen molar-refractivity contribution >= 4 is 0 Å². The maximum Gasteiger partial charge on any atom is 0.305 e. The molecule has 0 atom stereocenters. The van der Waals surface area contributed by atoms with Gasteiger partial charge in [0, 0.05) is 18.9 Å². The summed E-state index contributed by atoms with van der Waals surface area (Å²) in [6.45, 7) is 5.25. The Bertz CT molecular complexity index is 1140. The molecule has 0 aliphatic rings. The highest BCUT2D eigenvalue weighted by Gasteiger charge is 2.31. The zero-order valence-electron chi connectivity index (χ0n) is 17.5. The van der Waals surface area contributed by atoms with Crippen LogP contribution in [0.25, 0.3) is 22.5 Å². The Morgan fingerprint density at radius 1 is 1.03 bits per heavy atom. The molecule has 1 N–H and O–H groups in total. The second-order valence-corrected chi connectivity index (χ2v) is 7.99. The number of rotatable bonds is 7. The lowest BCUT2D eigenvalue weighted by atomic mass is 9.98. The van der Waals surface area contributed by atoms with Crippen LogP contribution < -0.4 is 0 Å². The molecule has 0 saturated heterocycles. The highest BCUT2D eigenvalue weighted by molar-refractivity contribution is 5.80. The zero-order chi connectivity index (χ0) is 22.0. The van der Waals surface area contributed by atoms with Crippen LogP contribution >= 0.6 is 0 Å². The zero-order valence-corrected chi connectivity index (χ0v) is 17.5. The summed E-state index contributed by atoms with van der Waals surface area (Å²) in [5.74, 6) is -2.06. The van der Waals surface area contributed by atoms with E-state index in [0.29, 0.717) is 24.6 Å². The number of halogens is 2. The molecule has 4 aromatic rings. The van der Waals surface area contributed by atoms with Crippen LogP contribution in [0.3, 0.4) is 0 Å². The number of hydrogen-bond acceptors (Lipinski definition) is 5. The van der Waals surface area contributed by atoms with Gasteiger partial charge in [0.05, 0.1) is 6.54 Å². The number of benzene rings is 2. The summed E-state index contributed by atoms with van der Waals surface area (Å²) in [6, 6.07) is 15.8. The number of hydrogen-bond donors (Lipinski definition) is 1. The van der Waals surface area contributed by atoms with Crippen LogP contribution in [0.15, 0.2) is 48.5 Å². The average Bonchev–Trinajstić information content (AvgIpc) is 3.39. The van der Waals surface area contributed by atoms with Gasteiger partial charge in [-0.05, 0) is 33.0 Å². The van der Waals surface area contributed by atoms with Gasteiger partial charge in [0.25, 0.3) is 0 Å². The van der Waals surface area contributed by atoms with Crippen LogP contribution in [0.1, 0.15) is 38.0 Å². The minimum atomic E-state index is -3.07. The number of H-pyrrole nitrogens is 1. The summed E-state index contributed by atoms with van der Waals surface area (Å²) in [6.07, 6.45) is 0.583. The van der Waals surface area contributed by atoms with Crippen molar-refractivity contribution in [3.05, 3.63) is 65.7 Å². The number of tetrazole rings is 1. The molecular formula is C22H23F2N7. The first kappa shape index (κ1) is 20.8. The van der Waals surface area contributed by atoms with Crippen molar-refractivity contribution in [2.75, 3.05) is 0 Å². The first-order chi connectivity index (χ1) is 14.8. The van der Waals surface area contributed by atoms with Gasteiger partial charge < -0.3 is 0 Å². The van der Waals surface area contributed by atoms with Crippen molar-refractivity contribution in [1.82, 2.24) is 35.4 Å². The summed E-state index contributed by atoms with van der Waals surface area (Å²) in [4.78, 5) is 4.10. The monoisotopic (exact) mass is 423 g/mol. The van der Waals surface area contributed by atoms with Crippen molar-refractivity contribution < 1.29 is 8.78 Å². The fourth-order valence-corrected chi connectivity index (χ4v) is 3.38. The lowest BCUT2D eigenvalue weighted by Gasteiger charge is -2.10. The second-order valence-electron chi connectivity index (χ2n) is 7.99. The van der Waals surface area contributed by atoms with Gasteiger partial charge in [0.2, 0.25) is 5.82 Å². The van der Waals surface area contributed by atoms with Crippen molar-refractivity contribution in [2.45, 2.75) is 39.7 Å². The molecule has 2 aromatic carbocycles. The minimum absolute atomic E-state index is 0.283. The molecule has 2 aromatic heterocycles. The van der Waals surface area contributed by atoms with Gasteiger partial charge in [-0.3, -0.25) is 0 Å². The summed E-state index contributed by atoms with van der Waals surface area (Å²) in [7, 11) is 0. The first-order valence-electron chi connectivity index (χ1n) is 10.1. The molecule has 0 spiro atoms. The molecule has 160 valence electrons. The van der Waals surface area contributed by atoms with E-state index < -0.39 is 11.7 Å². The van der Waals surface area contributed by atoms with E-state index in [0.717, 1.165) is 29.2 Å². The lowest BCUT2D eigenvalue weighted by Crippen LogP contribution is -2.11. The molecular weight excluding hydrogens is 400 g/mol. The highest BCUT2D eigenvalue weighted by Crippen LogP contribution is 2.30. The summed E-state index contributed by atoms with van der Waals surface area (Å²) < 4.78 is 29.1. The summed E-state index contributed by atoms with van der Waals surface area (Å²) >= 11 is 0. The van der Waals surface area contributed by atoms with E-state index in [2.05, 4.69) is 30.7 Å². The largest absolute Gasteiger partial charge is 0.305 e. The molecule has 0 radical (unpaired) electrons. The number of alkyl halides is 2. The molecule has 0 aliphatic heterocycles. The number of nitrogens with one attached hydrogen (secondary N) is 1. The van der Waals surface area contributed by atoms with Gasteiger partial charge in [-0.2, -0.15) is 8.78 Å². The SMILES string of the molecule is CC(C)Cc1nc(C(C)(F)F)nn1Cc1ccc(-c2ccccc2-c2nnn[nH]2)cc1. The summed E-state index contributed by atoms with van der Waals surface area (Å²) in [5.41, 5.74) is 3.83. The Labute approximate surface area is 178 Å². The topological polar surface area (TPSA) is 85.2 Å². The van der Waals surface area contributed by atoms with Crippen molar-refractivity contribution in [1.29, 1.82) is 0 Å². The van der Waals surface area contributed by atoms with Crippen LogP contribution in [0, 0.1) is 5.92 Å². The Balaban J connectivity index is 1.62. The molecule has 0 aliphatic carbocycles. The van der Waals surface area contributed by atoms with E-state index in [1.807, 2.05) is 62.4 Å². The van der Waals surface area contributed by atoms with E-state index in [4.69, 9.17) is 0 Å². The third-order valence-electron chi connectivity index (χ3n) is 4.86. The molecule has 0 bridgehead atoms. The van der Waals surface area contributed by atoms with Gasteiger partial charge in [-0.1, -0.05) is 62.4 Å². The normalized spacial score (nSPS) is 11.9. The minimum Gasteiger partial charge on any atom is -0.245 e. The van der Waals surface area contributed by atoms with Crippen molar-refractivity contribution in [3.8, 4) is 22.5 Å². The Morgan fingerprint density at radius 2 is 1.74 bits per heavy atom. The average molecular weight is 423 g/mol. The Morgan fingerprint density at radius 3 is 2.35 bits per heavy atom. The van der Waals surface area contributed by atoms with E-state index in [1.54, 1.807) is 4.68 Å². The number of aromatic nitrogens is 7. The number of nitrogens with zero attached hydrogens (tertiary/aromatic N) is 6. The van der Waals surface area contributed by atoms with Crippen LogP contribution in [0.5, 0.6) is 0 Å². The van der Waals surface area contributed by atoms with Crippen LogP contribution in [0.2, 0.25) is 0 Å². The fraction of sp³-hybridized carbons (Fsp3) is 0.318. The van der Waals surface area contributed by atoms with E-state index in [1.165, 1.54) is 0 Å². The first-order valence-corrected chi connectivity index (χ1v) is 10.1. The van der Waals surface area contributed by atoms with Crippen LogP contribution in [-0.4, -0.2) is 35.4 Å². The van der Waals surface area contributed by atoms with Crippen molar-refractivity contribution in [3.63, 3.8) is 0 Å². The van der Waals surface area contributed by atoms with Gasteiger partial charge in [-0.15, -0.1) is 10.2 Å². The molecule has 2 heterocycles. The summed E-state index contributed by atoms with van der Waals surface area (Å²) in [5, 5.41) is 18.2. The third-order valence-corrected chi connectivity index (χ3v) is 4.86. The maximum absolute atomic E-state index is 13.8. The molecule has 0 fully saturated rings. The molecule has 7 nitrogen and oxygen atoms in total. The molecule has 0 saturated carbocycles. The van der Waals surface area contributed by atoms with E-state index >= 15 is 0 Å². The van der Waals surface area contributed by atoms with Gasteiger partial charge in [-0.25, -0.2) is 14.8 Å². The Hall–Kier alpha value is -3.49. The fourth-order valence-electron chi connectivity index (χ4n) is 3.38. The van der Waals surface area contributed by atoms with Gasteiger partial charge in [0.15, 0.2) is 5.82 Å². The molecule has 0 amide bonds.